The summed E-state index contributed by atoms with van der Waals surface area (Å²) in [6.45, 7) is 9.68. The highest BCUT2D eigenvalue weighted by molar-refractivity contribution is 7.47. The van der Waals surface area contributed by atoms with Crippen LogP contribution in [0.2, 0.25) is 0 Å². The summed E-state index contributed by atoms with van der Waals surface area (Å²) in [5.74, 6) is -2.23. The second-order valence-electron chi connectivity index (χ2n) is 20.9. The van der Waals surface area contributed by atoms with Gasteiger partial charge in [-0.3, -0.25) is 37.3 Å². The summed E-state index contributed by atoms with van der Waals surface area (Å²) in [4.78, 5) is 71.3. The molecule has 3 N–H and O–H groups in total. The van der Waals surface area contributed by atoms with Crippen molar-refractivity contribution in [1.82, 2.24) is 0 Å². The van der Waals surface area contributed by atoms with Gasteiger partial charge in [0, 0.05) is 25.7 Å². The van der Waals surface area contributed by atoms with Gasteiger partial charge in [-0.25, -0.2) is 9.13 Å². The molecule has 0 aromatic carbocycles. The maximum atomic E-state index is 12.9. The molecule has 462 valence electrons. The van der Waals surface area contributed by atoms with Crippen molar-refractivity contribution in [2.24, 2.45) is 0 Å². The zero-order valence-electron chi connectivity index (χ0n) is 48.7. The fourth-order valence-corrected chi connectivity index (χ4v) is 10.1. The van der Waals surface area contributed by atoms with Crippen LogP contribution in [0.3, 0.4) is 0 Å². The number of unbranched alkanes of at least 4 members (excludes halogenated alkanes) is 34. The number of aliphatic hydroxyl groups excluding tert-OH is 1. The average molecular weight is 1150 g/mol. The molecule has 0 aliphatic rings. The van der Waals surface area contributed by atoms with E-state index in [9.17, 15) is 43.2 Å². The molecule has 0 fully saturated rings. The Balaban J connectivity index is 5.09. The van der Waals surface area contributed by atoms with Crippen LogP contribution < -0.4 is 0 Å². The van der Waals surface area contributed by atoms with Crippen molar-refractivity contribution >= 4 is 39.5 Å². The SMILES string of the molecule is [CH2-]CCCCCCCCCCCCCCCC(=O)OC[C@H](COP(=O)(O)OC[C@H](O)COP(=O)(O)OC[C@@H](COC(=O)CCCCCC[CH2-])OC(=O)CCCCC[CH2-])OC(=O)CCCCCCCCCCCCCCCCC. The monoisotopic (exact) mass is 1150 g/mol. The first-order valence-electron chi connectivity index (χ1n) is 30.7. The number of rotatable bonds is 60. The Kier molecular flexibility index (Phi) is 53.0. The topological polar surface area (TPSA) is 237 Å². The number of carbonyl (C=O) groups excluding carboxylic acids is 4. The van der Waals surface area contributed by atoms with Gasteiger partial charge in [0.1, 0.15) is 19.3 Å². The summed E-state index contributed by atoms with van der Waals surface area (Å²) in [6, 6.07) is 0. The minimum atomic E-state index is -4.94. The number of hydrogen-bond acceptors (Lipinski definition) is 15. The Morgan fingerprint density at radius 3 is 0.859 bits per heavy atom. The molecule has 0 aliphatic carbocycles. The van der Waals surface area contributed by atoms with Crippen molar-refractivity contribution in [3.05, 3.63) is 20.8 Å². The fourth-order valence-electron chi connectivity index (χ4n) is 8.53. The maximum absolute atomic E-state index is 12.9. The summed E-state index contributed by atoms with van der Waals surface area (Å²) in [5.41, 5.74) is 0. The summed E-state index contributed by atoms with van der Waals surface area (Å²) in [7, 11) is -9.87. The van der Waals surface area contributed by atoms with Gasteiger partial charge in [0.25, 0.3) is 0 Å². The van der Waals surface area contributed by atoms with E-state index in [4.69, 9.17) is 37.0 Å². The molecule has 0 aromatic heterocycles. The zero-order chi connectivity index (χ0) is 57.6. The molecule has 0 amide bonds. The third-order valence-electron chi connectivity index (χ3n) is 13.3. The molecule has 0 heterocycles. The molecular weight excluding hydrogens is 1040 g/mol. The Labute approximate surface area is 473 Å². The highest BCUT2D eigenvalue weighted by Gasteiger charge is 2.30. The number of phosphoric ester groups is 2. The lowest BCUT2D eigenvalue weighted by molar-refractivity contribution is -0.161. The van der Waals surface area contributed by atoms with Gasteiger partial charge in [0.2, 0.25) is 0 Å². The van der Waals surface area contributed by atoms with Crippen LogP contribution in [0.5, 0.6) is 0 Å². The lowest BCUT2D eigenvalue weighted by Gasteiger charge is -2.21. The van der Waals surface area contributed by atoms with Gasteiger partial charge in [0.05, 0.1) is 26.4 Å². The number of esters is 4. The Morgan fingerprint density at radius 2 is 0.577 bits per heavy atom. The minimum absolute atomic E-state index is 0.0618. The fraction of sp³-hybridized carbons (Fsp3) is 0.881. The van der Waals surface area contributed by atoms with Crippen LogP contribution in [-0.2, 0) is 65.4 Å². The number of phosphoric acid groups is 2. The first kappa shape index (κ1) is 76.1. The summed E-state index contributed by atoms with van der Waals surface area (Å²) >= 11 is 0. The number of ether oxygens (including phenoxy) is 4. The van der Waals surface area contributed by atoms with Crippen molar-refractivity contribution in [1.29, 1.82) is 0 Å². The van der Waals surface area contributed by atoms with Crippen molar-refractivity contribution in [2.45, 2.75) is 295 Å². The molecule has 0 aromatic rings. The molecular formula is C59H111O17P2-3. The quantitative estimate of drug-likeness (QED) is 0.0169. The molecule has 0 rings (SSSR count). The first-order valence-corrected chi connectivity index (χ1v) is 33.7. The number of hydrogen-bond donors (Lipinski definition) is 3. The maximum Gasteiger partial charge on any atom is 0.472 e. The second-order valence-corrected chi connectivity index (χ2v) is 23.9. The third-order valence-corrected chi connectivity index (χ3v) is 15.2. The van der Waals surface area contributed by atoms with Gasteiger partial charge in [-0.1, -0.05) is 206 Å². The number of carbonyl (C=O) groups is 4. The normalized spacial score (nSPS) is 14.3. The van der Waals surface area contributed by atoms with Crippen LogP contribution in [0.15, 0.2) is 0 Å². The molecule has 0 saturated carbocycles. The van der Waals surface area contributed by atoms with Gasteiger partial charge in [0.15, 0.2) is 12.2 Å². The van der Waals surface area contributed by atoms with Gasteiger partial charge < -0.3 is 54.6 Å². The third kappa shape index (κ3) is 53.4. The average Bonchev–Trinajstić information content (AvgIpc) is 3.41. The molecule has 5 atom stereocenters. The molecule has 17 nitrogen and oxygen atoms in total. The van der Waals surface area contributed by atoms with Gasteiger partial charge >= 0.3 is 39.5 Å². The smallest absolute Gasteiger partial charge is 0.462 e. The lowest BCUT2D eigenvalue weighted by atomic mass is 10.0. The van der Waals surface area contributed by atoms with E-state index in [1.807, 2.05) is 0 Å². The summed E-state index contributed by atoms with van der Waals surface area (Å²) in [5, 5.41) is 10.4. The summed E-state index contributed by atoms with van der Waals surface area (Å²) in [6.07, 6.45) is 36.8. The number of aliphatic hydroxyl groups is 1. The predicted molar refractivity (Wildman–Crippen MR) is 307 cm³/mol. The van der Waals surface area contributed by atoms with Gasteiger partial charge in [-0.2, -0.15) is 19.3 Å². The standard InChI is InChI=1S/C59H111O17P2/c1-5-9-13-17-19-21-23-25-27-29-31-33-35-38-42-46-59(64)76-55(50-70-57(62)44-41-37-34-32-30-28-26-24-22-20-18-14-10-6-2)52-74-78(67,68)72-48-53(60)47-71-77(65,66)73-51-54(75-58(63)45-39-16-12-8-4)49-69-56(61)43-40-36-15-11-7-3/h53-55,60H,2-52H2,1H3,(H,65,66)(H,67,68)/q-3/t53-,54-,55-/m1/s1. The largest absolute Gasteiger partial charge is 0.472 e. The Hall–Kier alpha value is -1.94. The molecule has 78 heavy (non-hydrogen) atoms. The van der Waals surface area contributed by atoms with E-state index >= 15 is 0 Å². The van der Waals surface area contributed by atoms with Crippen LogP contribution >= 0.6 is 15.6 Å². The summed E-state index contributed by atoms with van der Waals surface area (Å²) < 4.78 is 67.2. The first-order chi connectivity index (χ1) is 37.7. The molecule has 2 unspecified atom stereocenters. The van der Waals surface area contributed by atoms with Crippen molar-refractivity contribution in [3.63, 3.8) is 0 Å². The van der Waals surface area contributed by atoms with Gasteiger partial charge in [-0.05, 0) is 25.7 Å². The van der Waals surface area contributed by atoms with E-state index in [0.29, 0.717) is 32.1 Å². The zero-order valence-corrected chi connectivity index (χ0v) is 50.5. The molecule has 0 saturated heterocycles. The predicted octanol–water partition coefficient (Wildman–Crippen LogP) is 15.4. The lowest BCUT2D eigenvalue weighted by Crippen LogP contribution is -2.30. The molecule has 0 radical (unpaired) electrons. The van der Waals surface area contributed by atoms with E-state index in [0.717, 1.165) is 89.9 Å². The van der Waals surface area contributed by atoms with E-state index in [1.54, 1.807) is 0 Å². The van der Waals surface area contributed by atoms with Crippen LogP contribution in [0, 0.1) is 20.8 Å². The second kappa shape index (κ2) is 54.3. The van der Waals surface area contributed by atoms with E-state index in [2.05, 4.69) is 27.7 Å². The van der Waals surface area contributed by atoms with E-state index < -0.39 is 97.5 Å². The minimum Gasteiger partial charge on any atom is -0.462 e. The van der Waals surface area contributed by atoms with Crippen LogP contribution in [-0.4, -0.2) is 96.7 Å². The van der Waals surface area contributed by atoms with Crippen molar-refractivity contribution in [2.75, 3.05) is 39.6 Å². The molecule has 19 heteroatoms. The van der Waals surface area contributed by atoms with Crippen LogP contribution in [0.25, 0.3) is 0 Å². The van der Waals surface area contributed by atoms with Crippen LogP contribution in [0.1, 0.15) is 277 Å². The Bertz CT molecular complexity index is 1520. The highest BCUT2D eigenvalue weighted by atomic mass is 31.2. The highest BCUT2D eigenvalue weighted by Crippen LogP contribution is 2.45. The van der Waals surface area contributed by atoms with E-state index in [1.165, 1.54) is 122 Å². The van der Waals surface area contributed by atoms with E-state index in [-0.39, 0.29) is 25.7 Å². The van der Waals surface area contributed by atoms with Crippen LogP contribution in [0.4, 0.5) is 0 Å². The van der Waals surface area contributed by atoms with Crippen molar-refractivity contribution < 1.29 is 80.2 Å². The molecule has 0 bridgehead atoms. The Morgan fingerprint density at radius 1 is 0.346 bits per heavy atom. The van der Waals surface area contributed by atoms with Gasteiger partial charge in [-0.15, -0.1) is 0 Å². The molecule has 0 aliphatic heterocycles. The molecule has 0 spiro atoms. The van der Waals surface area contributed by atoms with Crippen molar-refractivity contribution in [3.8, 4) is 0 Å².